The van der Waals surface area contributed by atoms with Gasteiger partial charge in [-0.25, -0.2) is 4.98 Å². The van der Waals surface area contributed by atoms with Crippen LogP contribution in [0.4, 0.5) is 0 Å². The fraction of sp³-hybridized carbons (Fsp3) is 0.615. The van der Waals surface area contributed by atoms with Gasteiger partial charge >= 0.3 is 0 Å². The van der Waals surface area contributed by atoms with Crippen molar-refractivity contribution in [1.82, 2.24) is 14.9 Å². The molecule has 0 bridgehead atoms. The zero-order chi connectivity index (χ0) is 14.6. The van der Waals surface area contributed by atoms with Gasteiger partial charge in [0.15, 0.2) is 5.16 Å². The molecule has 0 saturated heterocycles. The summed E-state index contributed by atoms with van der Waals surface area (Å²) in [5, 5.41) is 3.15. The number of carbonyl (C=O) groups is 1. The van der Waals surface area contributed by atoms with Crippen LogP contribution >= 0.6 is 11.8 Å². The van der Waals surface area contributed by atoms with Crippen molar-refractivity contribution < 1.29 is 4.79 Å². The third-order valence-corrected chi connectivity index (χ3v) is 3.74. The molecule has 0 aliphatic heterocycles. The van der Waals surface area contributed by atoms with E-state index in [9.17, 15) is 9.59 Å². The molecule has 0 fully saturated rings. The van der Waals surface area contributed by atoms with E-state index in [1.807, 2.05) is 27.7 Å². The van der Waals surface area contributed by atoms with E-state index < -0.39 is 0 Å². The lowest BCUT2D eigenvalue weighted by atomic mass is 10.3. The van der Waals surface area contributed by atoms with E-state index in [-0.39, 0.29) is 22.8 Å². The van der Waals surface area contributed by atoms with Gasteiger partial charge in [0, 0.05) is 24.8 Å². The van der Waals surface area contributed by atoms with Crippen molar-refractivity contribution in [3.63, 3.8) is 0 Å². The number of hydrogen-bond acceptors (Lipinski definition) is 4. The molecule has 1 aromatic heterocycles. The average molecular weight is 283 g/mol. The molecule has 0 radical (unpaired) electrons. The zero-order valence-corrected chi connectivity index (χ0v) is 12.9. The molecular weight excluding hydrogens is 262 g/mol. The van der Waals surface area contributed by atoms with Crippen molar-refractivity contribution >= 4 is 17.7 Å². The van der Waals surface area contributed by atoms with Crippen molar-refractivity contribution in [1.29, 1.82) is 0 Å². The van der Waals surface area contributed by atoms with E-state index in [4.69, 9.17) is 0 Å². The molecule has 1 rings (SSSR count). The Balaban J connectivity index is 2.90. The van der Waals surface area contributed by atoms with Gasteiger partial charge in [0.2, 0.25) is 5.91 Å². The lowest BCUT2D eigenvalue weighted by Crippen LogP contribution is -2.36. The molecule has 6 heteroatoms. The standard InChI is InChI=1S/C13H21N3O2S/c1-6-10-7-11(17)16(5)13(15-10)19-9(4)12(18)14-8(2)3/h7-9H,6H2,1-5H3,(H,14,18). The first-order valence-corrected chi connectivity index (χ1v) is 7.27. The second-order valence-corrected chi connectivity index (χ2v) is 6.01. The minimum atomic E-state index is -0.285. The summed E-state index contributed by atoms with van der Waals surface area (Å²) in [7, 11) is 1.67. The van der Waals surface area contributed by atoms with Crippen molar-refractivity contribution in [2.24, 2.45) is 7.05 Å². The fourth-order valence-electron chi connectivity index (χ4n) is 1.46. The van der Waals surface area contributed by atoms with Crippen LogP contribution < -0.4 is 10.9 Å². The van der Waals surface area contributed by atoms with Gasteiger partial charge in [-0.05, 0) is 27.2 Å². The lowest BCUT2D eigenvalue weighted by Gasteiger charge is -2.15. The fourth-order valence-corrected chi connectivity index (χ4v) is 2.37. The molecule has 0 saturated carbocycles. The largest absolute Gasteiger partial charge is 0.353 e. The Bertz CT molecular complexity index is 511. The van der Waals surface area contributed by atoms with Crippen molar-refractivity contribution in [2.45, 2.75) is 50.6 Å². The zero-order valence-electron chi connectivity index (χ0n) is 12.1. The van der Waals surface area contributed by atoms with Crippen LogP contribution in [0.15, 0.2) is 16.0 Å². The van der Waals surface area contributed by atoms with E-state index in [1.54, 1.807) is 7.05 Å². The van der Waals surface area contributed by atoms with Crippen LogP contribution in [0.25, 0.3) is 0 Å². The Morgan fingerprint density at radius 2 is 2.11 bits per heavy atom. The lowest BCUT2D eigenvalue weighted by molar-refractivity contribution is -0.120. The first-order valence-electron chi connectivity index (χ1n) is 6.39. The highest BCUT2D eigenvalue weighted by Gasteiger charge is 2.17. The van der Waals surface area contributed by atoms with Crippen molar-refractivity contribution in [2.75, 3.05) is 0 Å². The molecule has 1 atom stereocenters. The Labute approximate surface area is 117 Å². The minimum absolute atomic E-state index is 0.0452. The number of amides is 1. The average Bonchev–Trinajstić information content (AvgIpc) is 2.33. The van der Waals surface area contributed by atoms with Crippen molar-refractivity contribution in [3.8, 4) is 0 Å². The Kier molecular flexibility index (Phi) is 5.60. The van der Waals surface area contributed by atoms with Crippen LogP contribution in [0.2, 0.25) is 0 Å². The second kappa shape index (κ2) is 6.75. The number of aryl methyl sites for hydroxylation is 1. The Morgan fingerprint density at radius 1 is 1.47 bits per heavy atom. The van der Waals surface area contributed by atoms with E-state index in [0.717, 1.165) is 5.69 Å². The molecule has 0 aliphatic rings. The van der Waals surface area contributed by atoms with Crippen LogP contribution in [0.3, 0.4) is 0 Å². The molecule has 106 valence electrons. The SMILES string of the molecule is CCc1cc(=O)n(C)c(SC(C)C(=O)NC(C)C)n1. The molecule has 5 nitrogen and oxygen atoms in total. The summed E-state index contributed by atoms with van der Waals surface area (Å²) >= 11 is 1.30. The van der Waals surface area contributed by atoms with E-state index in [2.05, 4.69) is 10.3 Å². The summed E-state index contributed by atoms with van der Waals surface area (Å²) in [5.74, 6) is -0.0452. The summed E-state index contributed by atoms with van der Waals surface area (Å²) < 4.78 is 1.48. The molecular formula is C13H21N3O2S. The topological polar surface area (TPSA) is 64.0 Å². The maximum Gasteiger partial charge on any atom is 0.254 e. The second-order valence-electron chi connectivity index (χ2n) is 4.70. The number of nitrogens with one attached hydrogen (secondary N) is 1. The summed E-state index contributed by atoms with van der Waals surface area (Å²) in [4.78, 5) is 28.0. The van der Waals surface area contributed by atoms with Crippen LogP contribution in [0.5, 0.6) is 0 Å². The molecule has 1 unspecified atom stereocenters. The van der Waals surface area contributed by atoms with Gasteiger partial charge in [-0.15, -0.1) is 0 Å². The summed E-state index contributed by atoms with van der Waals surface area (Å²) in [6, 6.07) is 1.64. The van der Waals surface area contributed by atoms with Crippen LogP contribution in [0, 0.1) is 0 Å². The third-order valence-electron chi connectivity index (χ3n) is 2.59. The molecule has 1 amide bonds. The van der Waals surface area contributed by atoms with E-state index in [1.165, 1.54) is 22.4 Å². The minimum Gasteiger partial charge on any atom is -0.353 e. The highest BCUT2D eigenvalue weighted by molar-refractivity contribution is 8.00. The van der Waals surface area contributed by atoms with E-state index >= 15 is 0 Å². The first-order chi connectivity index (χ1) is 8.85. The molecule has 1 N–H and O–H groups in total. The molecule has 0 aliphatic carbocycles. The number of nitrogens with zero attached hydrogens (tertiary/aromatic N) is 2. The molecule has 1 aromatic rings. The van der Waals surface area contributed by atoms with Crippen LogP contribution in [0.1, 0.15) is 33.4 Å². The smallest absolute Gasteiger partial charge is 0.254 e. The number of hydrogen-bond donors (Lipinski definition) is 1. The van der Waals surface area contributed by atoms with Gasteiger partial charge in [-0.1, -0.05) is 18.7 Å². The monoisotopic (exact) mass is 283 g/mol. The number of thioether (sulfide) groups is 1. The molecule has 19 heavy (non-hydrogen) atoms. The number of rotatable bonds is 5. The molecule has 0 spiro atoms. The van der Waals surface area contributed by atoms with Crippen molar-refractivity contribution in [3.05, 3.63) is 22.1 Å². The third kappa shape index (κ3) is 4.38. The number of aromatic nitrogens is 2. The van der Waals surface area contributed by atoms with Crippen LogP contribution in [-0.4, -0.2) is 26.8 Å². The summed E-state index contributed by atoms with van der Waals surface area (Å²) in [5.41, 5.74) is 0.660. The maximum atomic E-state index is 11.9. The Morgan fingerprint density at radius 3 is 2.63 bits per heavy atom. The van der Waals surface area contributed by atoms with E-state index in [0.29, 0.717) is 11.6 Å². The van der Waals surface area contributed by atoms with Gasteiger partial charge in [0.1, 0.15) is 0 Å². The highest BCUT2D eigenvalue weighted by Crippen LogP contribution is 2.20. The van der Waals surface area contributed by atoms with Crippen LogP contribution in [-0.2, 0) is 18.3 Å². The number of carbonyl (C=O) groups excluding carboxylic acids is 1. The quantitative estimate of drug-likeness (QED) is 0.654. The normalized spacial score (nSPS) is 12.5. The van der Waals surface area contributed by atoms with Gasteiger partial charge in [-0.3, -0.25) is 14.2 Å². The van der Waals surface area contributed by atoms with Gasteiger partial charge in [0.25, 0.3) is 5.56 Å². The van der Waals surface area contributed by atoms with Gasteiger partial charge < -0.3 is 5.32 Å². The molecule has 1 heterocycles. The first kappa shape index (κ1) is 15.8. The van der Waals surface area contributed by atoms with Gasteiger partial charge in [0.05, 0.1) is 5.25 Å². The Hall–Kier alpha value is -1.30. The maximum absolute atomic E-state index is 11.9. The predicted octanol–water partition coefficient (Wildman–Crippen LogP) is 1.35. The summed E-state index contributed by atoms with van der Waals surface area (Å²) in [6.45, 7) is 7.60. The predicted molar refractivity (Wildman–Crippen MR) is 77.5 cm³/mol. The van der Waals surface area contributed by atoms with Gasteiger partial charge in [-0.2, -0.15) is 0 Å². The molecule has 0 aromatic carbocycles. The highest BCUT2D eigenvalue weighted by atomic mass is 32.2. The summed E-state index contributed by atoms with van der Waals surface area (Å²) in [6.07, 6.45) is 0.705.